The number of hydrogen-bond acceptors (Lipinski definition) is 9. The molecule has 0 aliphatic carbocycles. The molecular weight excluding hydrogens is 462 g/mol. The van der Waals surface area contributed by atoms with Gasteiger partial charge in [-0.15, -0.1) is 0 Å². The summed E-state index contributed by atoms with van der Waals surface area (Å²) in [6, 6.07) is 19.9. The van der Waals surface area contributed by atoms with Gasteiger partial charge in [-0.05, 0) is 36.4 Å². The minimum Gasteiger partial charge on any atom is -0.497 e. The quantitative estimate of drug-likeness (QED) is 0.271. The summed E-state index contributed by atoms with van der Waals surface area (Å²) in [5, 5.41) is 11.2. The monoisotopic (exact) mass is 487 g/mol. The molecule has 36 heavy (non-hydrogen) atoms. The molecule has 1 aromatic heterocycles. The van der Waals surface area contributed by atoms with Crippen LogP contribution in [-0.2, 0) is 0 Å². The highest BCUT2D eigenvalue weighted by Gasteiger charge is 2.21. The molecule has 0 saturated carbocycles. The predicted octanol–water partition coefficient (Wildman–Crippen LogP) is 3.73. The Kier molecular flexibility index (Phi) is 7.45. The summed E-state index contributed by atoms with van der Waals surface area (Å²) in [4.78, 5) is 17.5. The van der Waals surface area contributed by atoms with E-state index in [1.165, 1.54) is 21.3 Å². The number of hydrazone groups is 1. The summed E-state index contributed by atoms with van der Waals surface area (Å²) in [6.07, 6.45) is 0. The Hall–Kier alpha value is -4.86. The first-order chi connectivity index (χ1) is 17.6. The maximum absolute atomic E-state index is 13.0. The SMILES string of the molecule is COc1ccc(N/N=C(\c2cc(OC)c(OC)c(OC)c2)c2nc(-c3ccccc3)n[nH]c2=O)cc1. The molecule has 0 fully saturated rings. The van der Waals surface area contributed by atoms with Gasteiger partial charge >= 0.3 is 0 Å². The molecule has 3 aromatic carbocycles. The molecule has 184 valence electrons. The molecule has 10 heteroatoms. The molecule has 2 N–H and O–H groups in total. The molecule has 0 radical (unpaired) electrons. The van der Waals surface area contributed by atoms with Gasteiger partial charge in [0.25, 0.3) is 5.56 Å². The van der Waals surface area contributed by atoms with Crippen LogP contribution in [-0.4, -0.2) is 49.3 Å². The summed E-state index contributed by atoms with van der Waals surface area (Å²) in [7, 11) is 6.13. The number of aromatic nitrogens is 3. The highest BCUT2D eigenvalue weighted by molar-refractivity contribution is 6.12. The molecule has 0 saturated heterocycles. The number of ether oxygens (including phenoxy) is 4. The average Bonchev–Trinajstić information content (AvgIpc) is 2.94. The summed E-state index contributed by atoms with van der Waals surface area (Å²) in [5.41, 5.74) is 4.69. The van der Waals surface area contributed by atoms with E-state index < -0.39 is 5.56 Å². The van der Waals surface area contributed by atoms with Crippen LogP contribution in [0.15, 0.2) is 76.6 Å². The van der Waals surface area contributed by atoms with Crippen LogP contribution in [0.5, 0.6) is 23.0 Å². The van der Waals surface area contributed by atoms with Crippen molar-refractivity contribution in [3.8, 4) is 34.4 Å². The zero-order valence-corrected chi connectivity index (χ0v) is 20.2. The number of benzene rings is 3. The molecule has 0 amide bonds. The van der Waals surface area contributed by atoms with Crippen LogP contribution in [0.1, 0.15) is 11.3 Å². The van der Waals surface area contributed by atoms with Gasteiger partial charge in [-0.2, -0.15) is 10.2 Å². The number of nitrogens with zero attached hydrogens (tertiary/aromatic N) is 3. The first-order valence-corrected chi connectivity index (χ1v) is 10.9. The third-order valence-corrected chi connectivity index (χ3v) is 5.28. The molecule has 0 atom stereocenters. The Morgan fingerprint density at radius 2 is 1.53 bits per heavy atom. The number of nitrogens with one attached hydrogen (secondary N) is 2. The van der Waals surface area contributed by atoms with Crippen molar-refractivity contribution in [1.82, 2.24) is 15.2 Å². The molecule has 0 aliphatic rings. The minimum absolute atomic E-state index is 0.0548. The summed E-state index contributed by atoms with van der Waals surface area (Å²) in [6.45, 7) is 0. The Balaban J connectivity index is 1.89. The van der Waals surface area contributed by atoms with E-state index in [4.69, 9.17) is 18.9 Å². The van der Waals surface area contributed by atoms with Gasteiger partial charge in [0.05, 0.1) is 34.1 Å². The van der Waals surface area contributed by atoms with Crippen molar-refractivity contribution >= 4 is 11.4 Å². The molecular formula is C26H25N5O5. The number of anilines is 1. The van der Waals surface area contributed by atoms with Crippen LogP contribution < -0.4 is 29.9 Å². The van der Waals surface area contributed by atoms with Crippen molar-refractivity contribution in [2.45, 2.75) is 0 Å². The van der Waals surface area contributed by atoms with Gasteiger partial charge in [0, 0.05) is 11.1 Å². The van der Waals surface area contributed by atoms with Crippen molar-refractivity contribution in [3.63, 3.8) is 0 Å². The first-order valence-electron chi connectivity index (χ1n) is 10.9. The lowest BCUT2D eigenvalue weighted by atomic mass is 10.1. The normalized spacial score (nSPS) is 11.1. The van der Waals surface area contributed by atoms with E-state index in [1.54, 1.807) is 43.5 Å². The van der Waals surface area contributed by atoms with Gasteiger partial charge in [-0.1, -0.05) is 30.3 Å². The Bertz CT molecular complexity index is 1390. The fraction of sp³-hybridized carbons (Fsp3) is 0.154. The highest BCUT2D eigenvalue weighted by Crippen LogP contribution is 2.38. The number of H-pyrrole nitrogens is 1. The van der Waals surface area contributed by atoms with Crippen molar-refractivity contribution < 1.29 is 18.9 Å². The third kappa shape index (κ3) is 5.12. The number of aromatic amines is 1. The molecule has 1 heterocycles. The zero-order chi connectivity index (χ0) is 25.5. The van der Waals surface area contributed by atoms with Gasteiger partial charge in [0.15, 0.2) is 23.0 Å². The lowest BCUT2D eigenvalue weighted by Crippen LogP contribution is -2.24. The van der Waals surface area contributed by atoms with E-state index in [2.05, 4.69) is 25.7 Å². The van der Waals surface area contributed by atoms with E-state index in [0.717, 1.165) is 5.56 Å². The molecule has 0 aliphatic heterocycles. The number of rotatable bonds is 9. The Labute approximate surface area is 207 Å². The second-order valence-corrected chi connectivity index (χ2v) is 7.42. The van der Waals surface area contributed by atoms with Crippen molar-refractivity contribution in [2.24, 2.45) is 5.10 Å². The smallest absolute Gasteiger partial charge is 0.292 e. The fourth-order valence-corrected chi connectivity index (χ4v) is 3.47. The van der Waals surface area contributed by atoms with E-state index in [-0.39, 0.29) is 11.4 Å². The van der Waals surface area contributed by atoms with Crippen molar-refractivity contribution in [1.29, 1.82) is 0 Å². The average molecular weight is 488 g/mol. The number of methoxy groups -OCH3 is 4. The van der Waals surface area contributed by atoms with Crippen molar-refractivity contribution in [3.05, 3.63) is 88.3 Å². The highest BCUT2D eigenvalue weighted by atomic mass is 16.5. The molecule has 0 unspecified atom stereocenters. The summed E-state index contributed by atoms with van der Waals surface area (Å²) < 4.78 is 21.7. The molecule has 0 spiro atoms. The molecule has 4 aromatic rings. The minimum atomic E-state index is -0.515. The fourth-order valence-electron chi connectivity index (χ4n) is 3.47. The predicted molar refractivity (Wildman–Crippen MR) is 136 cm³/mol. The second-order valence-electron chi connectivity index (χ2n) is 7.42. The van der Waals surface area contributed by atoms with E-state index >= 15 is 0 Å². The lowest BCUT2D eigenvalue weighted by molar-refractivity contribution is 0.324. The maximum Gasteiger partial charge on any atom is 0.292 e. The molecule has 0 bridgehead atoms. The van der Waals surface area contributed by atoms with E-state index in [0.29, 0.717) is 40.1 Å². The number of hydrogen-bond donors (Lipinski definition) is 2. The standard InChI is InChI=1S/C26H25N5O5/c1-33-19-12-10-18(11-13-19)28-29-22(17-14-20(34-2)24(36-4)21(15-17)35-3)23-26(32)31-30-25(27-23)16-8-6-5-7-9-16/h5-15,28H,1-4H3,(H,31,32)/b29-22+. The van der Waals surface area contributed by atoms with Crippen LogP contribution >= 0.6 is 0 Å². The third-order valence-electron chi connectivity index (χ3n) is 5.28. The summed E-state index contributed by atoms with van der Waals surface area (Å²) >= 11 is 0. The first kappa shape index (κ1) is 24.3. The zero-order valence-electron chi connectivity index (χ0n) is 20.2. The molecule has 4 rings (SSSR count). The van der Waals surface area contributed by atoms with Crippen LogP contribution in [0.4, 0.5) is 5.69 Å². The van der Waals surface area contributed by atoms with E-state index in [9.17, 15) is 4.79 Å². The van der Waals surface area contributed by atoms with Gasteiger partial charge < -0.3 is 18.9 Å². The van der Waals surface area contributed by atoms with Crippen LogP contribution in [0, 0.1) is 0 Å². The van der Waals surface area contributed by atoms with Gasteiger partial charge in [0.1, 0.15) is 11.5 Å². The van der Waals surface area contributed by atoms with Gasteiger partial charge in [-0.3, -0.25) is 10.2 Å². The van der Waals surface area contributed by atoms with Crippen LogP contribution in [0.3, 0.4) is 0 Å². The van der Waals surface area contributed by atoms with Gasteiger partial charge in [-0.25, -0.2) is 10.1 Å². The molecule has 10 nitrogen and oxygen atoms in total. The Morgan fingerprint density at radius 3 is 2.11 bits per heavy atom. The Morgan fingerprint density at radius 1 is 0.861 bits per heavy atom. The summed E-state index contributed by atoms with van der Waals surface area (Å²) in [5.74, 6) is 2.26. The largest absolute Gasteiger partial charge is 0.497 e. The maximum atomic E-state index is 13.0. The topological polar surface area (TPSA) is 120 Å². The second kappa shape index (κ2) is 11.0. The van der Waals surface area contributed by atoms with Crippen molar-refractivity contribution in [2.75, 3.05) is 33.9 Å². The van der Waals surface area contributed by atoms with Crippen LogP contribution in [0.2, 0.25) is 0 Å². The van der Waals surface area contributed by atoms with Gasteiger partial charge in [0.2, 0.25) is 5.75 Å². The lowest BCUT2D eigenvalue weighted by Gasteiger charge is -2.15. The van der Waals surface area contributed by atoms with Crippen LogP contribution in [0.25, 0.3) is 11.4 Å². The van der Waals surface area contributed by atoms with E-state index in [1.807, 2.05) is 30.3 Å².